The summed E-state index contributed by atoms with van der Waals surface area (Å²) in [6.07, 6.45) is 0. The first kappa shape index (κ1) is 14.0. The Bertz CT molecular complexity index is 726. The Morgan fingerprint density at radius 3 is 2.05 bits per heavy atom. The Morgan fingerprint density at radius 1 is 0.857 bits per heavy atom. The van der Waals surface area contributed by atoms with Crippen LogP contribution in [0.15, 0.2) is 65.1 Å². The lowest BCUT2D eigenvalue weighted by molar-refractivity contribution is 0.501. The van der Waals surface area contributed by atoms with Crippen molar-refractivity contribution < 1.29 is 4.42 Å². The molecule has 0 radical (unpaired) electrons. The van der Waals surface area contributed by atoms with Gasteiger partial charge in [0.25, 0.3) is 0 Å². The van der Waals surface area contributed by atoms with Crippen LogP contribution < -0.4 is 0 Å². The van der Waals surface area contributed by atoms with Crippen molar-refractivity contribution in [2.45, 2.75) is 19.2 Å². The first-order chi connectivity index (χ1) is 10.1. The molecule has 1 aromatic heterocycles. The zero-order valence-electron chi connectivity index (χ0n) is 12.1. The minimum atomic E-state index is -0.174. The van der Waals surface area contributed by atoms with Crippen molar-refractivity contribution >= 4 is 11.6 Å². The largest absolute Gasteiger partial charge is 0.466 e. The molecule has 0 saturated carbocycles. The number of hydrogen-bond donors (Lipinski definition) is 0. The first-order valence-electron chi connectivity index (χ1n) is 7.01. The number of furan rings is 1. The lowest BCUT2D eigenvalue weighted by Crippen LogP contribution is -1.93. The molecule has 1 atom stereocenters. The molecule has 0 fully saturated rings. The number of alkyl halides is 1. The average molecular weight is 297 g/mol. The summed E-state index contributed by atoms with van der Waals surface area (Å²) in [5, 5.41) is -0.174. The van der Waals surface area contributed by atoms with Crippen LogP contribution >= 0.6 is 11.6 Å². The Kier molecular flexibility index (Phi) is 3.85. The highest BCUT2D eigenvalue weighted by Gasteiger charge is 2.16. The normalized spacial score (nSPS) is 12.3. The molecule has 3 aromatic rings. The summed E-state index contributed by atoms with van der Waals surface area (Å²) in [5.41, 5.74) is 4.54. The molecule has 0 aliphatic carbocycles. The second-order valence-electron chi connectivity index (χ2n) is 5.22. The third kappa shape index (κ3) is 2.88. The van der Waals surface area contributed by atoms with Crippen LogP contribution in [0.4, 0.5) is 0 Å². The van der Waals surface area contributed by atoms with E-state index in [-0.39, 0.29) is 5.38 Å². The van der Waals surface area contributed by atoms with Crippen LogP contribution in [0.3, 0.4) is 0 Å². The maximum Gasteiger partial charge on any atom is 0.106 e. The highest BCUT2D eigenvalue weighted by molar-refractivity contribution is 6.22. The Labute approximate surface area is 130 Å². The standard InChI is InChI=1S/C19H17ClO/c1-13-12-18(14(2)21-13)19(20)17-10-8-16(9-11-17)15-6-4-3-5-7-15/h3-12,19H,1-2H3. The molecule has 1 nitrogen and oxygen atoms in total. The van der Waals surface area contributed by atoms with Gasteiger partial charge in [-0.1, -0.05) is 54.6 Å². The van der Waals surface area contributed by atoms with E-state index in [1.165, 1.54) is 11.1 Å². The SMILES string of the molecule is Cc1cc(C(Cl)c2ccc(-c3ccccc3)cc2)c(C)o1. The number of rotatable bonds is 3. The molecule has 21 heavy (non-hydrogen) atoms. The molecule has 0 N–H and O–H groups in total. The van der Waals surface area contributed by atoms with E-state index in [4.69, 9.17) is 16.0 Å². The van der Waals surface area contributed by atoms with E-state index in [9.17, 15) is 0 Å². The maximum absolute atomic E-state index is 6.59. The second-order valence-corrected chi connectivity index (χ2v) is 5.66. The van der Waals surface area contributed by atoms with Gasteiger partial charge in [0, 0.05) is 5.56 Å². The van der Waals surface area contributed by atoms with Gasteiger partial charge in [-0.05, 0) is 36.6 Å². The molecule has 1 unspecified atom stereocenters. The van der Waals surface area contributed by atoms with Gasteiger partial charge in [0.05, 0.1) is 5.38 Å². The summed E-state index contributed by atoms with van der Waals surface area (Å²) < 4.78 is 5.57. The Balaban J connectivity index is 1.89. The van der Waals surface area contributed by atoms with E-state index < -0.39 is 0 Å². The summed E-state index contributed by atoms with van der Waals surface area (Å²) in [5.74, 6) is 1.79. The number of halogens is 1. The summed E-state index contributed by atoms with van der Waals surface area (Å²) in [6, 6.07) is 20.7. The zero-order valence-corrected chi connectivity index (χ0v) is 12.9. The van der Waals surface area contributed by atoms with Crippen LogP contribution in [0.5, 0.6) is 0 Å². The molecule has 0 amide bonds. The van der Waals surface area contributed by atoms with Gasteiger partial charge < -0.3 is 4.42 Å². The predicted octanol–water partition coefficient (Wildman–Crippen LogP) is 5.89. The minimum Gasteiger partial charge on any atom is -0.466 e. The number of hydrogen-bond acceptors (Lipinski definition) is 1. The molecule has 0 saturated heterocycles. The van der Waals surface area contributed by atoms with Crippen molar-refractivity contribution in [3.05, 3.63) is 83.3 Å². The summed E-state index contributed by atoms with van der Waals surface area (Å²) in [4.78, 5) is 0. The molecule has 2 heteroatoms. The molecule has 2 aromatic carbocycles. The third-order valence-corrected chi connectivity index (χ3v) is 4.15. The van der Waals surface area contributed by atoms with Crippen LogP contribution in [0.25, 0.3) is 11.1 Å². The van der Waals surface area contributed by atoms with Gasteiger partial charge in [-0.3, -0.25) is 0 Å². The first-order valence-corrected chi connectivity index (χ1v) is 7.45. The van der Waals surface area contributed by atoms with Gasteiger partial charge in [-0.15, -0.1) is 11.6 Å². The van der Waals surface area contributed by atoms with Crippen molar-refractivity contribution in [3.63, 3.8) is 0 Å². The van der Waals surface area contributed by atoms with Crippen LogP contribution in [-0.2, 0) is 0 Å². The van der Waals surface area contributed by atoms with Gasteiger partial charge >= 0.3 is 0 Å². The molecule has 3 rings (SSSR count). The monoisotopic (exact) mass is 296 g/mol. The second kappa shape index (κ2) is 5.79. The Morgan fingerprint density at radius 2 is 1.48 bits per heavy atom. The molecule has 106 valence electrons. The third-order valence-electron chi connectivity index (χ3n) is 3.66. The lowest BCUT2D eigenvalue weighted by Gasteiger charge is -2.10. The van der Waals surface area contributed by atoms with Gasteiger partial charge in [-0.2, -0.15) is 0 Å². The number of aryl methyl sites for hydroxylation is 2. The van der Waals surface area contributed by atoms with E-state index in [1.807, 2.05) is 38.1 Å². The van der Waals surface area contributed by atoms with E-state index >= 15 is 0 Å². The van der Waals surface area contributed by atoms with E-state index in [1.54, 1.807) is 0 Å². The molecular weight excluding hydrogens is 280 g/mol. The van der Waals surface area contributed by atoms with Crippen molar-refractivity contribution in [2.75, 3.05) is 0 Å². The summed E-state index contributed by atoms with van der Waals surface area (Å²) >= 11 is 6.59. The van der Waals surface area contributed by atoms with Crippen molar-refractivity contribution in [1.29, 1.82) is 0 Å². The van der Waals surface area contributed by atoms with Gasteiger partial charge in [0.15, 0.2) is 0 Å². The number of benzene rings is 2. The molecular formula is C19H17ClO. The Hall–Kier alpha value is -1.99. The maximum atomic E-state index is 6.59. The van der Waals surface area contributed by atoms with Crippen molar-refractivity contribution in [2.24, 2.45) is 0 Å². The highest BCUT2D eigenvalue weighted by atomic mass is 35.5. The fraction of sp³-hybridized carbons (Fsp3) is 0.158. The highest BCUT2D eigenvalue weighted by Crippen LogP contribution is 2.33. The van der Waals surface area contributed by atoms with Gasteiger partial charge in [0.1, 0.15) is 11.5 Å². The zero-order chi connectivity index (χ0) is 14.8. The van der Waals surface area contributed by atoms with E-state index in [2.05, 4.69) is 36.4 Å². The quantitative estimate of drug-likeness (QED) is 0.549. The van der Waals surface area contributed by atoms with Crippen LogP contribution in [0.2, 0.25) is 0 Å². The molecule has 0 aliphatic heterocycles. The smallest absolute Gasteiger partial charge is 0.106 e. The summed E-state index contributed by atoms with van der Waals surface area (Å²) in [6.45, 7) is 3.90. The molecule has 0 bridgehead atoms. The van der Waals surface area contributed by atoms with Crippen LogP contribution in [0.1, 0.15) is 28.0 Å². The molecule has 0 spiro atoms. The molecule has 1 heterocycles. The lowest BCUT2D eigenvalue weighted by atomic mass is 10.00. The summed E-state index contributed by atoms with van der Waals surface area (Å²) in [7, 11) is 0. The topological polar surface area (TPSA) is 13.1 Å². The fourth-order valence-corrected chi connectivity index (χ4v) is 2.92. The van der Waals surface area contributed by atoms with E-state index in [0.717, 1.165) is 22.6 Å². The molecule has 0 aliphatic rings. The van der Waals surface area contributed by atoms with Crippen molar-refractivity contribution in [1.82, 2.24) is 0 Å². The van der Waals surface area contributed by atoms with E-state index in [0.29, 0.717) is 0 Å². The van der Waals surface area contributed by atoms with Gasteiger partial charge in [0.2, 0.25) is 0 Å². The average Bonchev–Trinajstić information content (AvgIpc) is 2.86. The predicted molar refractivity (Wildman–Crippen MR) is 87.8 cm³/mol. The minimum absolute atomic E-state index is 0.174. The van der Waals surface area contributed by atoms with Gasteiger partial charge in [-0.25, -0.2) is 0 Å². The van der Waals surface area contributed by atoms with Crippen molar-refractivity contribution in [3.8, 4) is 11.1 Å². The van der Waals surface area contributed by atoms with Crippen LogP contribution in [0, 0.1) is 13.8 Å². The fourth-order valence-electron chi connectivity index (χ4n) is 2.56. The van der Waals surface area contributed by atoms with Crippen LogP contribution in [-0.4, -0.2) is 0 Å².